The van der Waals surface area contributed by atoms with E-state index in [-0.39, 0.29) is 0 Å². The van der Waals surface area contributed by atoms with E-state index in [1.807, 2.05) is 0 Å². The first-order valence-corrected chi connectivity index (χ1v) is 7.37. The first-order valence-electron chi connectivity index (χ1n) is 7.37. The van der Waals surface area contributed by atoms with Gasteiger partial charge in [-0.15, -0.1) is 0 Å². The molecular weight excluding hydrogens is 242 g/mol. The molecule has 0 amide bonds. The van der Waals surface area contributed by atoms with Crippen molar-refractivity contribution in [3.63, 3.8) is 0 Å². The number of aryl methyl sites for hydroxylation is 3. The van der Waals surface area contributed by atoms with E-state index in [2.05, 4.69) is 75.6 Å². The highest BCUT2D eigenvalue weighted by Gasteiger charge is 2.09. The van der Waals surface area contributed by atoms with Gasteiger partial charge in [-0.1, -0.05) is 59.2 Å². The van der Waals surface area contributed by atoms with Gasteiger partial charge in [-0.2, -0.15) is 0 Å². The van der Waals surface area contributed by atoms with Gasteiger partial charge in [0, 0.05) is 6.04 Å². The molecule has 2 rings (SSSR count). The molecule has 1 heteroatoms. The lowest BCUT2D eigenvalue weighted by atomic mass is 9.96. The Hall–Kier alpha value is -1.60. The van der Waals surface area contributed by atoms with Gasteiger partial charge in [-0.05, 0) is 51.8 Å². The standard InChI is InChI=1S/C19H25N/c1-14-6-5-7-17(9-14)12-19(20-4)13-18-10-15(2)8-16(3)11-18/h5-11,19-20H,12-13H2,1-4H3. The van der Waals surface area contributed by atoms with Crippen molar-refractivity contribution in [2.75, 3.05) is 7.05 Å². The van der Waals surface area contributed by atoms with Crippen molar-refractivity contribution in [2.45, 2.75) is 39.7 Å². The molecule has 0 heterocycles. The van der Waals surface area contributed by atoms with Crippen molar-refractivity contribution in [1.82, 2.24) is 5.32 Å². The molecule has 0 aliphatic carbocycles. The summed E-state index contributed by atoms with van der Waals surface area (Å²) in [5, 5.41) is 3.46. The average molecular weight is 267 g/mol. The fourth-order valence-corrected chi connectivity index (χ4v) is 2.87. The van der Waals surface area contributed by atoms with E-state index in [9.17, 15) is 0 Å². The van der Waals surface area contributed by atoms with Crippen LogP contribution < -0.4 is 5.32 Å². The third kappa shape index (κ3) is 4.21. The second-order valence-corrected chi connectivity index (χ2v) is 5.88. The molecule has 1 unspecified atom stereocenters. The van der Waals surface area contributed by atoms with Crippen molar-refractivity contribution in [1.29, 1.82) is 0 Å². The molecule has 0 aliphatic rings. The zero-order valence-corrected chi connectivity index (χ0v) is 13.0. The highest BCUT2D eigenvalue weighted by Crippen LogP contribution is 2.14. The monoisotopic (exact) mass is 267 g/mol. The van der Waals surface area contributed by atoms with Crippen LogP contribution in [0, 0.1) is 20.8 Å². The fourth-order valence-electron chi connectivity index (χ4n) is 2.87. The third-order valence-electron chi connectivity index (χ3n) is 3.74. The van der Waals surface area contributed by atoms with Crippen molar-refractivity contribution >= 4 is 0 Å². The number of likely N-dealkylation sites (N-methyl/N-ethyl adjacent to an activating group) is 1. The van der Waals surface area contributed by atoms with E-state index in [0.717, 1.165) is 12.8 Å². The molecule has 0 radical (unpaired) electrons. The average Bonchev–Trinajstić information content (AvgIpc) is 2.36. The van der Waals surface area contributed by atoms with Crippen LogP contribution in [0.4, 0.5) is 0 Å². The van der Waals surface area contributed by atoms with Crippen LogP contribution in [0.5, 0.6) is 0 Å². The first-order chi connectivity index (χ1) is 9.56. The molecule has 0 aromatic heterocycles. The van der Waals surface area contributed by atoms with Gasteiger partial charge >= 0.3 is 0 Å². The maximum Gasteiger partial charge on any atom is 0.0145 e. The van der Waals surface area contributed by atoms with Gasteiger partial charge in [-0.25, -0.2) is 0 Å². The Balaban J connectivity index is 2.09. The molecule has 0 saturated heterocycles. The van der Waals surface area contributed by atoms with E-state index in [4.69, 9.17) is 0 Å². The summed E-state index contributed by atoms with van der Waals surface area (Å²) in [5.41, 5.74) is 6.88. The molecule has 0 spiro atoms. The third-order valence-corrected chi connectivity index (χ3v) is 3.74. The Morgan fingerprint density at radius 3 is 2.00 bits per heavy atom. The van der Waals surface area contributed by atoms with Crippen LogP contribution in [-0.4, -0.2) is 13.1 Å². The number of rotatable bonds is 5. The van der Waals surface area contributed by atoms with Gasteiger partial charge in [-0.3, -0.25) is 0 Å². The summed E-state index contributed by atoms with van der Waals surface area (Å²) in [6.45, 7) is 6.50. The SMILES string of the molecule is CNC(Cc1cccc(C)c1)Cc1cc(C)cc(C)c1. The molecule has 20 heavy (non-hydrogen) atoms. The molecule has 0 fully saturated rings. The highest BCUT2D eigenvalue weighted by atomic mass is 14.9. The number of hydrogen-bond acceptors (Lipinski definition) is 1. The normalized spacial score (nSPS) is 12.4. The molecule has 106 valence electrons. The van der Waals surface area contributed by atoms with Crippen LogP contribution >= 0.6 is 0 Å². The number of benzene rings is 2. The quantitative estimate of drug-likeness (QED) is 0.864. The molecule has 0 aliphatic heterocycles. The first kappa shape index (κ1) is 14.8. The van der Waals surface area contributed by atoms with Crippen LogP contribution in [0.3, 0.4) is 0 Å². The summed E-state index contributed by atoms with van der Waals surface area (Å²) < 4.78 is 0. The van der Waals surface area contributed by atoms with E-state index >= 15 is 0 Å². The molecule has 2 aromatic rings. The molecule has 1 nitrogen and oxygen atoms in total. The zero-order chi connectivity index (χ0) is 14.5. The minimum absolute atomic E-state index is 0.484. The highest BCUT2D eigenvalue weighted by molar-refractivity contribution is 5.30. The molecule has 0 saturated carbocycles. The lowest BCUT2D eigenvalue weighted by Gasteiger charge is -2.17. The lowest BCUT2D eigenvalue weighted by molar-refractivity contribution is 0.556. The summed E-state index contributed by atoms with van der Waals surface area (Å²) >= 11 is 0. The topological polar surface area (TPSA) is 12.0 Å². The van der Waals surface area contributed by atoms with Gasteiger partial charge in [0.15, 0.2) is 0 Å². The Morgan fingerprint density at radius 1 is 0.800 bits per heavy atom. The Morgan fingerprint density at radius 2 is 1.40 bits per heavy atom. The summed E-state index contributed by atoms with van der Waals surface area (Å²) in [7, 11) is 2.06. The van der Waals surface area contributed by atoms with Gasteiger partial charge in [0.2, 0.25) is 0 Å². The zero-order valence-electron chi connectivity index (χ0n) is 13.0. The molecular formula is C19H25N. The smallest absolute Gasteiger partial charge is 0.0145 e. The minimum Gasteiger partial charge on any atom is -0.316 e. The number of nitrogens with one attached hydrogen (secondary N) is 1. The van der Waals surface area contributed by atoms with Crippen molar-refractivity contribution in [2.24, 2.45) is 0 Å². The van der Waals surface area contributed by atoms with Gasteiger partial charge in [0.1, 0.15) is 0 Å². The van der Waals surface area contributed by atoms with Crippen molar-refractivity contribution in [3.05, 3.63) is 70.3 Å². The maximum absolute atomic E-state index is 3.46. The summed E-state index contributed by atoms with van der Waals surface area (Å²) in [6.07, 6.45) is 2.15. The summed E-state index contributed by atoms with van der Waals surface area (Å²) in [4.78, 5) is 0. The van der Waals surface area contributed by atoms with Crippen LogP contribution in [-0.2, 0) is 12.8 Å². The van der Waals surface area contributed by atoms with Gasteiger partial charge < -0.3 is 5.32 Å². The minimum atomic E-state index is 0.484. The van der Waals surface area contributed by atoms with Crippen molar-refractivity contribution in [3.8, 4) is 0 Å². The van der Waals surface area contributed by atoms with Crippen LogP contribution in [0.1, 0.15) is 27.8 Å². The molecule has 1 N–H and O–H groups in total. The maximum atomic E-state index is 3.46. The Bertz CT molecular complexity index is 551. The van der Waals surface area contributed by atoms with Gasteiger partial charge in [0.05, 0.1) is 0 Å². The summed E-state index contributed by atoms with van der Waals surface area (Å²) in [6, 6.07) is 16.1. The molecule has 0 bridgehead atoms. The molecule has 2 aromatic carbocycles. The lowest BCUT2D eigenvalue weighted by Crippen LogP contribution is -2.30. The Labute approximate surface area is 123 Å². The fraction of sp³-hybridized carbons (Fsp3) is 0.368. The Kier molecular flexibility index (Phi) is 4.97. The van der Waals surface area contributed by atoms with Crippen LogP contribution in [0.2, 0.25) is 0 Å². The molecule has 1 atom stereocenters. The van der Waals surface area contributed by atoms with E-state index in [0.29, 0.717) is 6.04 Å². The van der Waals surface area contributed by atoms with E-state index < -0.39 is 0 Å². The van der Waals surface area contributed by atoms with Gasteiger partial charge in [0.25, 0.3) is 0 Å². The second-order valence-electron chi connectivity index (χ2n) is 5.88. The largest absolute Gasteiger partial charge is 0.316 e. The number of hydrogen-bond donors (Lipinski definition) is 1. The van der Waals surface area contributed by atoms with Crippen LogP contribution in [0.15, 0.2) is 42.5 Å². The second kappa shape index (κ2) is 6.71. The van der Waals surface area contributed by atoms with E-state index in [1.54, 1.807) is 0 Å². The van der Waals surface area contributed by atoms with Crippen LogP contribution in [0.25, 0.3) is 0 Å². The predicted molar refractivity (Wildman–Crippen MR) is 87.4 cm³/mol. The van der Waals surface area contributed by atoms with E-state index in [1.165, 1.54) is 27.8 Å². The van der Waals surface area contributed by atoms with Crippen molar-refractivity contribution < 1.29 is 0 Å². The summed E-state index contributed by atoms with van der Waals surface area (Å²) in [5.74, 6) is 0. The predicted octanol–water partition coefficient (Wildman–Crippen LogP) is 3.99.